The first kappa shape index (κ1) is 25.9. The third-order valence-corrected chi connectivity index (χ3v) is 7.12. The average molecular weight is 499 g/mol. The Hall–Kier alpha value is -3.17. The molecule has 9 nitrogen and oxygen atoms in total. The minimum Gasteiger partial charge on any atom is -0.493 e. The second kappa shape index (κ2) is 10.8. The van der Waals surface area contributed by atoms with Gasteiger partial charge in [-0.15, -0.1) is 0 Å². The minimum atomic E-state index is -1.13. The molecule has 4 atom stereocenters. The number of amides is 2. The first-order chi connectivity index (χ1) is 17.3. The Labute approximate surface area is 210 Å². The molecule has 1 saturated carbocycles. The lowest BCUT2D eigenvalue weighted by atomic mass is 9.77. The Bertz CT molecular complexity index is 1090. The van der Waals surface area contributed by atoms with Crippen molar-refractivity contribution in [2.75, 3.05) is 20.3 Å². The molecule has 1 heterocycles. The van der Waals surface area contributed by atoms with E-state index < -0.39 is 30.1 Å². The van der Waals surface area contributed by atoms with E-state index in [1.807, 2.05) is 13.8 Å². The van der Waals surface area contributed by atoms with Gasteiger partial charge < -0.3 is 29.9 Å². The van der Waals surface area contributed by atoms with Gasteiger partial charge in [-0.05, 0) is 44.9 Å². The maximum absolute atomic E-state index is 13.4. The summed E-state index contributed by atoms with van der Waals surface area (Å²) in [5.41, 5.74) is 2.08. The van der Waals surface area contributed by atoms with Crippen LogP contribution < -0.4 is 14.8 Å². The van der Waals surface area contributed by atoms with Gasteiger partial charge in [-0.1, -0.05) is 18.4 Å². The van der Waals surface area contributed by atoms with Crippen LogP contribution in [0.15, 0.2) is 35.4 Å². The van der Waals surface area contributed by atoms with Crippen molar-refractivity contribution in [2.45, 2.75) is 69.7 Å². The number of nitrogens with zero attached hydrogens (tertiary/aromatic N) is 1. The second-order valence-electron chi connectivity index (χ2n) is 9.81. The molecule has 1 aromatic carbocycles. The van der Waals surface area contributed by atoms with Crippen LogP contribution in [-0.4, -0.2) is 77.8 Å². The van der Waals surface area contributed by atoms with E-state index in [0.717, 1.165) is 31.3 Å². The zero-order valence-corrected chi connectivity index (χ0v) is 20.9. The predicted molar refractivity (Wildman–Crippen MR) is 132 cm³/mol. The molecule has 0 radical (unpaired) electrons. The van der Waals surface area contributed by atoms with E-state index in [4.69, 9.17) is 9.47 Å². The van der Waals surface area contributed by atoms with Crippen molar-refractivity contribution in [1.82, 2.24) is 10.2 Å². The van der Waals surface area contributed by atoms with Crippen LogP contribution in [0.2, 0.25) is 0 Å². The number of carbonyl (C=O) groups is 3. The number of aliphatic hydroxyl groups is 2. The third-order valence-electron chi connectivity index (χ3n) is 7.12. The first-order valence-corrected chi connectivity index (χ1v) is 12.4. The van der Waals surface area contributed by atoms with E-state index in [9.17, 15) is 24.6 Å². The second-order valence-corrected chi connectivity index (χ2v) is 9.81. The summed E-state index contributed by atoms with van der Waals surface area (Å²) in [6, 6.07) is 2.32. The summed E-state index contributed by atoms with van der Waals surface area (Å²) in [6.07, 6.45) is 5.51. The largest absolute Gasteiger partial charge is 0.493 e. The first-order valence-electron chi connectivity index (χ1n) is 12.4. The van der Waals surface area contributed by atoms with E-state index in [0.29, 0.717) is 34.5 Å². The van der Waals surface area contributed by atoms with Gasteiger partial charge in [0.2, 0.25) is 11.8 Å². The van der Waals surface area contributed by atoms with Crippen LogP contribution in [0.4, 0.5) is 0 Å². The quantitative estimate of drug-likeness (QED) is 0.369. The maximum atomic E-state index is 13.4. The van der Waals surface area contributed by atoms with Crippen LogP contribution in [0.5, 0.6) is 11.5 Å². The monoisotopic (exact) mass is 498 g/mol. The summed E-state index contributed by atoms with van der Waals surface area (Å²) in [6.45, 7) is 3.50. The Kier molecular flexibility index (Phi) is 7.80. The molecule has 3 aliphatic rings. The Morgan fingerprint density at radius 1 is 1.25 bits per heavy atom. The van der Waals surface area contributed by atoms with E-state index in [1.165, 1.54) is 7.11 Å². The SMILES string of the molecule is COc1cc(C=O)cc2c1OC1C2C(C(=O)NCCO)=CC(N(C(=O)C=C(C)C)C2CCCC2)C1O. The van der Waals surface area contributed by atoms with E-state index in [2.05, 4.69) is 5.32 Å². The number of allylic oxidation sites excluding steroid dienone is 1. The summed E-state index contributed by atoms with van der Waals surface area (Å²) < 4.78 is 11.7. The van der Waals surface area contributed by atoms with Gasteiger partial charge >= 0.3 is 0 Å². The summed E-state index contributed by atoms with van der Waals surface area (Å²) in [7, 11) is 1.46. The molecule has 9 heteroatoms. The average Bonchev–Trinajstić information content (AvgIpc) is 3.51. The highest BCUT2D eigenvalue weighted by molar-refractivity contribution is 5.97. The number of aldehydes is 1. The number of hydrogen-bond donors (Lipinski definition) is 3. The molecule has 4 unspecified atom stereocenters. The van der Waals surface area contributed by atoms with Gasteiger partial charge in [0, 0.05) is 35.4 Å². The smallest absolute Gasteiger partial charge is 0.247 e. The van der Waals surface area contributed by atoms with Crippen molar-refractivity contribution in [3.63, 3.8) is 0 Å². The molecule has 36 heavy (non-hydrogen) atoms. The number of carbonyl (C=O) groups excluding carboxylic acids is 3. The van der Waals surface area contributed by atoms with Crippen molar-refractivity contribution in [3.8, 4) is 11.5 Å². The van der Waals surface area contributed by atoms with Gasteiger partial charge in [0.15, 0.2) is 11.5 Å². The zero-order valence-electron chi connectivity index (χ0n) is 20.9. The molecule has 3 N–H and O–H groups in total. The van der Waals surface area contributed by atoms with Gasteiger partial charge in [-0.3, -0.25) is 14.4 Å². The minimum absolute atomic E-state index is 0.0508. The Balaban J connectivity index is 1.84. The standard InChI is InChI=1S/C27H34N2O7/c1-15(2)10-22(32)29(17-6-4-5-7-17)20-13-19(27(34)28-8-9-30)23-18-11-16(14-31)12-21(35-3)25(18)36-26(23)24(20)33/h10-14,17,20,23-24,26,30,33H,4-9H2,1-3H3,(H,28,34). The molecule has 1 fully saturated rings. The fourth-order valence-corrected chi connectivity index (χ4v) is 5.60. The molecule has 0 spiro atoms. The summed E-state index contributed by atoms with van der Waals surface area (Å²) in [5.74, 6) is -0.628. The molecule has 2 aliphatic carbocycles. The summed E-state index contributed by atoms with van der Waals surface area (Å²) >= 11 is 0. The van der Waals surface area contributed by atoms with Crippen molar-refractivity contribution in [2.24, 2.45) is 0 Å². The van der Waals surface area contributed by atoms with Gasteiger partial charge in [0.1, 0.15) is 18.5 Å². The molecule has 0 bridgehead atoms. The number of hydrogen-bond acceptors (Lipinski definition) is 7. The van der Waals surface area contributed by atoms with Crippen LogP contribution >= 0.6 is 0 Å². The number of methoxy groups -OCH3 is 1. The fraction of sp³-hybridized carbons (Fsp3) is 0.519. The van der Waals surface area contributed by atoms with Crippen LogP contribution in [-0.2, 0) is 9.59 Å². The number of rotatable bonds is 8. The molecule has 194 valence electrons. The van der Waals surface area contributed by atoms with Crippen molar-refractivity contribution >= 4 is 18.1 Å². The fourth-order valence-electron chi connectivity index (χ4n) is 5.60. The van der Waals surface area contributed by atoms with Crippen LogP contribution in [0.1, 0.15) is 61.4 Å². The van der Waals surface area contributed by atoms with Crippen molar-refractivity contribution < 1.29 is 34.1 Å². The Morgan fingerprint density at radius 2 is 1.97 bits per heavy atom. The van der Waals surface area contributed by atoms with Gasteiger partial charge in [-0.2, -0.15) is 0 Å². The molecular formula is C27H34N2O7. The number of ether oxygens (including phenoxy) is 2. The number of nitrogens with one attached hydrogen (secondary N) is 1. The lowest BCUT2D eigenvalue weighted by Gasteiger charge is -2.43. The lowest BCUT2D eigenvalue weighted by Crippen LogP contribution is -2.57. The molecule has 0 aromatic heterocycles. The van der Waals surface area contributed by atoms with Gasteiger partial charge in [-0.25, -0.2) is 0 Å². The zero-order chi connectivity index (χ0) is 26.0. The number of aliphatic hydroxyl groups excluding tert-OH is 2. The normalized spacial score (nSPS) is 24.6. The molecule has 1 aliphatic heterocycles. The number of fused-ring (bicyclic) bond motifs is 3. The van der Waals surface area contributed by atoms with E-state index in [-0.39, 0.29) is 25.1 Å². The topological polar surface area (TPSA) is 125 Å². The van der Waals surface area contributed by atoms with Crippen molar-refractivity contribution in [1.29, 1.82) is 0 Å². The van der Waals surface area contributed by atoms with Gasteiger partial charge in [0.25, 0.3) is 0 Å². The highest BCUT2D eigenvalue weighted by atomic mass is 16.5. The van der Waals surface area contributed by atoms with E-state index in [1.54, 1.807) is 29.2 Å². The highest BCUT2D eigenvalue weighted by Crippen LogP contribution is 2.51. The van der Waals surface area contributed by atoms with E-state index >= 15 is 0 Å². The van der Waals surface area contributed by atoms with Crippen molar-refractivity contribution in [3.05, 3.63) is 46.6 Å². The Morgan fingerprint density at radius 3 is 2.58 bits per heavy atom. The maximum Gasteiger partial charge on any atom is 0.247 e. The summed E-state index contributed by atoms with van der Waals surface area (Å²) in [4.78, 5) is 40.0. The van der Waals surface area contributed by atoms with Gasteiger partial charge in [0.05, 0.1) is 25.7 Å². The van der Waals surface area contributed by atoms with Crippen LogP contribution in [0.3, 0.4) is 0 Å². The lowest BCUT2D eigenvalue weighted by molar-refractivity contribution is -0.135. The van der Waals surface area contributed by atoms with Crippen LogP contribution in [0, 0.1) is 0 Å². The molecule has 2 amide bonds. The van der Waals surface area contributed by atoms with Crippen LogP contribution in [0.25, 0.3) is 0 Å². The molecule has 0 saturated heterocycles. The third kappa shape index (κ3) is 4.77. The number of benzene rings is 1. The highest BCUT2D eigenvalue weighted by Gasteiger charge is 2.52. The molecule has 4 rings (SSSR count). The summed E-state index contributed by atoms with van der Waals surface area (Å²) in [5, 5.41) is 23.6. The molecular weight excluding hydrogens is 464 g/mol. The molecule has 1 aromatic rings. The predicted octanol–water partition coefficient (Wildman–Crippen LogP) is 1.87.